The molecular weight excluding hydrogens is 473 g/mol. The smallest absolute Gasteiger partial charge is 0.341 e. The van der Waals surface area contributed by atoms with Gasteiger partial charge in [0.1, 0.15) is 5.00 Å². The summed E-state index contributed by atoms with van der Waals surface area (Å²) in [4.78, 5) is 26.4. The van der Waals surface area contributed by atoms with E-state index in [1.165, 1.54) is 23.3 Å². The summed E-state index contributed by atoms with van der Waals surface area (Å²) in [5, 5.41) is 3.57. The second kappa shape index (κ2) is 7.91. The number of benzene rings is 1. The summed E-state index contributed by atoms with van der Waals surface area (Å²) in [6, 6.07) is 7.42. The van der Waals surface area contributed by atoms with Gasteiger partial charge in [-0.2, -0.15) is 0 Å². The number of amides is 1. The number of carbonyl (C=O) groups is 2. The van der Waals surface area contributed by atoms with Gasteiger partial charge in [0.15, 0.2) is 0 Å². The van der Waals surface area contributed by atoms with Gasteiger partial charge in [0, 0.05) is 8.45 Å². The first-order valence-electron chi connectivity index (χ1n) is 9.01. The van der Waals surface area contributed by atoms with Gasteiger partial charge in [0.25, 0.3) is 5.91 Å². The fourth-order valence-corrected chi connectivity index (χ4v) is 5.49. The van der Waals surface area contributed by atoms with Crippen LogP contribution in [0.4, 0.5) is 5.00 Å². The highest BCUT2D eigenvalue weighted by atomic mass is 127. The van der Waals surface area contributed by atoms with E-state index in [4.69, 9.17) is 4.74 Å². The van der Waals surface area contributed by atoms with E-state index in [1.807, 2.05) is 18.2 Å². The number of ether oxygens (including phenoxy) is 1. The first-order chi connectivity index (χ1) is 12.7. The van der Waals surface area contributed by atoms with Crippen molar-refractivity contribution < 1.29 is 14.3 Å². The van der Waals surface area contributed by atoms with E-state index in [9.17, 15) is 9.59 Å². The van der Waals surface area contributed by atoms with Gasteiger partial charge in [0.05, 0.1) is 18.2 Å². The van der Waals surface area contributed by atoms with Gasteiger partial charge >= 0.3 is 5.97 Å². The second-order valence-electron chi connectivity index (χ2n) is 7.94. The van der Waals surface area contributed by atoms with Crippen LogP contribution in [0.1, 0.15) is 58.3 Å². The maximum Gasteiger partial charge on any atom is 0.341 e. The molecule has 1 aromatic carbocycles. The quantitative estimate of drug-likeness (QED) is 0.448. The summed E-state index contributed by atoms with van der Waals surface area (Å²) >= 11 is 3.67. The molecule has 0 saturated carbocycles. The highest BCUT2D eigenvalue weighted by Crippen LogP contribution is 2.44. The lowest BCUT2D eigenvalue weighted by Gasteiger charge is -2.33. The van der Waals surface area contributed by atoms with Crippen molar-refractivity contribution in [1.29, 1.82) is 0 Å². The predicted octanol–water partition coefficient (Wildman–Crippen LogP) is 5.54. The molecular formula is C21H24INO3S. The fraction of sp³-hybridized carbons (Fsp3) is 0.429. The number of halogens is 1. The second-order valence-corrected chi connectivity index (χ2v) is 10.2. The molecule has 4 nitrogen and oxygen atoms in total. The SMILES string of the molecule is COC(=O)c1c(NC(=O)c2ccccc2I)sc2c1CCC(C(C)(C)C)C2. The lowest BCUT2D eigenvalue weighted by molar-refractivity contribution is 0.0600. The molecule has 3 rings (SSSR count). The van der Waals surface area contributed by atoms with Gasteiger partial charge < -0.3 is 10.1 Å². The van der Waals surface area contributed by atoms with Crippen LogP contribution >= 0.6 is 33.9 Å². The predicted molar refractivity (Wildman–Crippen MR) is 118 cm³/mol. The van der Waals surface area contributed by atoms with Crippen LogP contribution in [0.25, 0.3) is 0 Å². The van der Waals surface area contributed by atoms with E-state index in [0.29, 0.717) is 22.0 Å². The van der Waals surface area contributed by atoms with Gasteiger partial charge in [-0.15, -0.1) is 11.3 Å². The van der Waals surface area contributed by atoms with E-state index in [2.05, 4.69) is 48.7 Å². The first kappa shape index (κ1) is 20.3. The Hall–Kier alpha value is -1.41. The Morgan fingerprint density at radius 1 is 1.26 bits per heavy atom. The minimum Gasteiger partial charge on any atom is -0.465 e. The van der Waals surface area contributed by atoms with E-state index < -0.39 is 0 Å². The van der Waals surface area contributed by atoms with Crippen LogP contribution in [0, 0.1) is 14.9 Å². The van der Waals surface area contributed by atoms with Crippen molar-refractivity contribution in [2.24, 2.45) is 11.3 Å². The van der Waals surface area contributed by atoms with Crippen LogP contribution in [-0.2, 0) is 17.6 Å². The normalized spacial score (nSPS) is 16.6. The Morgan fingerprint density at radius 3 is 2.59 bits per heavy atom. The third kappa shape index (κ3) is 4.21. The molecule has 1 unspecified atom stereocenters. The van der Waals surface area contributed by atoms with E-state index in [0.717, 1.165) is 28.4 Å². The molecule has 2 aromatic rings. The minimum absolute atomic E-state index is 0.198. The highest BCUT2D eigenvalue weighted by Gasteiger charge is 2.34. The molecule has 27 heavy (non-hydrogen) atoms. The summed E-state index contributed by atoms with van der Waals surface area (Å²) in [5.41, 5.74) is 2.40. The number of rotatable bonds is 3. The molecule has 6 heteroatoms. The summed E-state index contributed by atoms with van der Waals surface area (Å²) < 4.78 is 5.90. The first-order valence-corrected chi connectivity index (χ1v) is 10.9. The van der Waals surface area contributed by atoms with Crippen molar-refractivity contribution in [2.45, 2.75) is 40.0 Å². The Labute approximate surface area is 177 Å². The largest absolute Gasteiger partial charge is 0.465 e. The lowest BCUT2D eigenvalue weighted by atomic mass is 9.72. The highest BCUT2D eigenvalue weighted by molar-refractivity contribution is 14.1. The van der Waals surface area contributed by atoms with Crippen molar-refractivity contribution in [1.82, 2.24) is 0 Å². The van der Waals surface area contributed by atoms with Gasteiger partial charge in [-0.3, -0.25) is 4.79 Å². The number of methoxy groups -OCH3 is 1. The molecule has 1 heterocycles. The third-order valence-corrected chi connectivity index (χ3v) is 7.34. The van der Waals surface area contributed by atoms with Crippen molar-refractivity contribution in [3.63, 3.8) is 0 Å². The zero-order chi connectivity index (χ0) is 19.8. The minimum atomic E-state index is -0.375. The van der Waals surface area contributed by atoms with Crippen molar-refractivity contribution in [3.05, 3.63) is 49.4 Å². The van der Waals surface area contributed by atoms with E-state index >= 15 is 0 Å². The average molecular weight is 497 g/mol. The molecule has 1 aliphatic rings. The molecule has 1 amide bonds. The Morgan fingerprint density at radius 2 is 1.96 bits per heavy atom. The van der Waals surface area contributed by atoms with Crippen LogP contribution < -0.4 is 5.32 Å². The molecule has 0 saturated heterocycles. The molecule has 1 atom stereocenters. The van der Waals surface area contributed by atoms with Gasteiger partial charge in [0.2, 0.25) is 0 Å². The van der Waals surface area contributed by atoms with Gasteiger partial charge in [-0.05, 0) is 70.9 Å². The van der Waals surface area contributed by atoms with Gasteiger partial charge in [-0.1, -0.05) is 32.9 Å². The molecule has 0 fully saturated rings. The van der Waals surface area contributed by atoms with E-state index in [1.54, 1.807) is 6.07 Å². The maximum atomic E-state index is 12.8. The lowest BCUT2D eigenvalue weighted by Crippen LogP contribution is -2.26. The van der Waals surface area contributed by atoms with Crippen LogP contribution in [0.15, 0.2) is 24.3 Å². The number of anilines is 1. The Kier molecular flexibility index (Phi) is 5.96. The Balaban J connectivity index is 1.96. The molecule has 0 spiro atoms. The standard InChI is InChI=1S/C21H24INO3S/c1-21(2,3)12-9-10-14-16(11-12)27-19(17(14)20(25)26-4)23-18(24)13-7-5-6-8-15(13)22/h5-8,12H,9-11H2,1-4H3,(H,23,24). The molecule has 1 N–H and O–H groups in total. The van der Waals surface area contributed by atoms with Crippen LogP contribution in [0.3, 0.4) is 0 Å². The summed E-state index contributed by atoms with van der Waals surface area (Å²) in [5.74, 6) is -0.0105. The topological polar surface area (TPSA) is 55.4 Å². The number of thiophene rings is 1. The van der Waals surface area contributed by atoms with Crippen molar-refractivity contribution >= 4 is 50.8 Å². The van der Waals surface area contributed by atoms with Crippen molar-refractivity contribution in [3.8, 4) is 0 Å². The molecule has 144 valence electrons. The zero-order valence-corrected chi connectivity index (χ0v) is 19.0. The van der Waals surface area contributed by atoms with Crippen LogP contribution in [0.5, 0.6) is 0 Å². The molecule has 0 bridgehead atoms. The maximum absolute atomic E-state index is 12.8. The zero-order valence-electron chi connectivity index (χ0n) is 16.0. The summed E-state index contributed by atoms with van der Waals surface area (Å²) in [6.07, 6.45) is 2.82. The van der Waals surface area contributed by atoms with E-state index in [-0.39, 0.29) is 17.3 Å². The Bertz CT molecular complexity index is 882. The third-order valence-electron chi connectivity index (χ3n) is 5.23. The van der Waals surface area contributed by atoms with Gasteiger partial charge in [-0.25, -0.2) is 4.79 Å². The number of carbonyl (C=O) groups excluding carboxylic acids is 2. The number of nitrogens with one attached hydrogen (secondary N) is 1. The number of fused-ring (bicyclic) bond motifs is 1. The molecule has 1 aliphatic carbocycles. The summed E-state index contributed by atoms with van der Waals surface area (Å²) in [6.45, 7) is 6.78. The molecule has 0 radical (unpaired) electrons. The number of hydrogen-bond acceptors (Lipinski definition) is 4. The molecule has 1 aromatic heterocycles. The number of hydrogen-bond donors (Lipinski definition) is 1. The summed E-state index contributed by atoms with van der Waals surface area (Å²) in [7, 11) is 1.39. The van der Waals surface area contributed by atoms with Crippen molar-refractivity contribution in [2.75, 3.05) is 12.4 Å². The van der Waals surface area contributed by atoms with Crippen LogP contribution in [-0.4, -0.2) is 19.0 Å². The van der Waals surface area contributed by atoms with Crippen LogP contribution in [0.2, 0.25) is 0 Å². The fourth-order valence-electron chi connectivity index (χ4n) is 3.55. The number of esters is 1. The average Bonchev–Trinajstić information content (AvgIpc) is 2.97. The molecule has 0 aliphatic heterocycles. The monoisotopic (exact) mass is 497 g/mol.